The van der Waals surface area contributed by atoms with E-state index in [4.69, 9.17) is 23.2 Å². The third kappa shape index (κ3) is 2.30. The van der Waals surface area contributed by atoms with Crippen LogP contribution in [-0.2, 0) is 6.54 Å². The van der Waals surface area contributed by atoms with Crippen molar-refractivity contribution >= 4 is 34.1 Å². The molecule has 0 spiro atoms. The molecule has 0 aliphatic carbocycles. The van der Waals surface area contributed by atoms with Crippen molar-refractivity contribution in [1.82, 2.24) is 9.55 Å². The normalized spacial score (nSPS) is 11.2. The molecule has 20 heavy (non-hydrogen) atoms. The molecule has 0 bridgehead atoms. The minimum Gasteiger partial charge on any atom is -0.339 e. The highest BCUT2D eigenvalue weighted by Crippen LogP contribution is 2.27. The average molecular weight is 305 g/mol. The van der Waals surface area contributed by atoms with Crippen molar-refractivity contribution in [3.05, 3.63) is 63.5 Å². The first kappa shape index (κ1) is 13.5. The minimum absolute atomic E-state index is 0.532. The summed E-state index contributed by atoms with van der Waals surface area (Å²) in [4.78, 5) is 4.20. The molecule has 3 rings (SSSR count). The number of aryl methyl sites for hydroxylation is 1. The number of rotatable bonds is 2. The summed E-state index contributed by atoms with van der Waals surface area (Å²) in [7, 11) is 0. The van der Waals surface area contributed by atoms with Crippen LogP contribution in [0.25, 0.3) is 10.9 Å². The number of aromatic nitrogens is 2. The first-order valence-electron chi connectivity index (χ1n) is 6.41. The number of hydrogen-bond donors (Lipinski definition) is 0. The van der Waals surface area contributed by atoms with Gasteiger partial charge in [0.2, 0.25) is 0 Å². The summed E-state index contributed by atoms with van der Waals surface area (Å²) in [5.74, 6) is 0. The number of fused-ring (bicyclic) bond motifs is 1. The molecule has 0 amide bonds. The summed E-state index contributed by atoms with van der Waals surface area (Å²) in [6, 6.07) is 9.86. The summed E-state index contributed by atoms with van der Waals surface area (Å²) >= 11 is 11.9. The van der Waals surface area contributed by atoms with Crippen LogP contribution < -0.4 is 0 Å². The second kappa shape index (κ2) is 5.12. The van der Waals surface area contributed by atoms with Gasteiger partial charge in [0.25, 0.3) is 0 Å². The molecule has 0 radical (unpaired) electrons. The van der Waals surface area contributed by atoms with Crippen molar-refractivity contribution in [1.29, 1.82) is 0 Å². The fraction of sp³-hybridized carbons (Fsp3) is 0.188. The molecule has 4 heteroatoms. The van der Waals surface area contributed by atoms with Crippen LogP contribution in [0, 0.1) is 13.8 Å². The Balaban J connectivity index is 2.11. The topological polar surface area (TPSA) is 17.8 Å². The number of nitrogens with zero attached hydrogens (tertiary/aromatic N) is 2. The van der Waals surface area contributed by atoms with Crippen LogP contribution in [0.5, 0.6) is 0 Å². The molecule has 102 valence electrons. The van der Waals surface area contributed by atoms with Crippen molar-refractivity contribution in [3.63, 3.8) is 0 Å². The van der Waals surface area contributed by atoms with E-state index in [1.807, 2.05) is 36.5 Å². The Morgan fingerprint density at radius 1 is 1.10 bits per heavy atom. The van der Waals surface area contributed by atoms with Crippen LogP contribution in [0.3, 0.4) is 0 Å². The monoisotopic (exact) mass is 304 g/mol. The number of benzene rings is 1. The first-order valence-corrected chi connectivity index (χ1v) is 7.17. The van der Waals surface area contributed by atoms with Gasteiger partial charge in [-0.15, -0.1) is 0 Å². The molecule has 2 heterocycles. The molecule has 2 nitrogen and oxygen atoms in total. The Hall–Kier alpha value is -1.51. The molecule has 0 atom stereocenters. The van der Waals surface area contributed by atoms with Gasteiger partial charge in [0, 0.05) is 22.6 Å². The van der Waals surface area contributed by atoms with Crippen LogP contribution in [-0.4, -0.2) is 9.55 Å². The van der Waals surface area contributed by atoms with Crippen molar-refractivity contribution in [2.75, 3.05) is 0 Å². The maximum Gasteiger partial charge on any atom is 0.129 e. The molecular weight excluding hydrogens is 291 g/mol. The lowest BCUT2D eigenvalue weighted by atomic mass is 10.2. The highest BCUT2D eigenvalue weighted by molar-refractivity contribution is 6.30. The van der Waals surface area contributed by atoms with Crippen LogP contribution in [0.4, 0.5) is 0 Å². The zero-order valence-electron chi connectivity index (χ0n) is 11.3. The third-order valence-electron chi connectivity index (χ3n) is 3.75. The van der Waals surface area contributed by atoms with E-state index in [0.717, 1.165) is 22.5 Å². The SMILES string of the molecule is Cc1c(C)n(Cc2ccc(Cl)cc2)c2cnc(Cl)cc12. The predicted octanol–water partition coefficient (Wildman–Crippen LogP) is 5.01. The van der Waals surface area contributed by atoms with E-state index in [9.17, 15) is 0 Å². The van der Waals surface area contributed by atoms with Crippen LogP contribution in [0.15, 0.2) is 36.5 Å². The average Bonchev–Trinajstić information content (AvgIpc) is 2.66. The van der Waals surface area contributed by atoms with Gasteiger partial charge < -0.3 is 4.57 Å². The standard InChI is InChI=1S/C16H14Cl2N2/c1-10-11(2)20(9-12-3-5-13(17)6-4-12)15-8-19-16(18)7-14(10)15/h3-8H,9H2,1-2H3. The number of halogens is 2. The maximum atomic E-state index is 5.99. The van der Waals surface area contributed by atoms with Gasteiger partial charge in [-0.3, -0.25) is 0 Å². The van der Waals surface area contributed by atoms with Gasteiger partial charge in [-0.25, -0.2) is 4.98 Å². The molecule has 1 aromatic carbocycles. The zero-order valence-corrected chi connectivity index (χ0v) is 12.8. The van der Waals surface area contributed by atoms with Crippen LogP contribution in [0.2, 0.25) is 10.2 Å². The molecule has 3 aromatic rings. The Kier molecular flexibility index (Phi) is 3.45. The molecule has 0 aliphatic rings. The van der Waals surface area contributed by atoms with Gasteiger partial charge in [-0.2, -0.15) is 0 Å². The van der Waals surface area contributed by atoms with E-state index in [0.29, 0.717) is 5.15 Å². The number of pyridine rings is 1. The largest absolute Gasteiger partial charge is 0.339 e. The molecular formula is C16H14Cl2N2. The lowest BCUT2D eigenvalue weighted by Crippen LogP contribution is -2.01. The smallest absolute Gasteiger partial charge is 0.129 e. The van der Waals surface area contributed by atoms with E-state index < -0.39 is 0 Å². The van der Waals surface area contributed by atoms with Gasteiger partial charge in [0.1, 0.15) is 5.15 Å². The Labute approximate surface area is 128 Å². The van der Waals surface area contributed by atoms with Crippen molar-refractivity contribution in [2.45, 2.75) is 20.4 Å². The molecule has 0 unspecified atom stereocenters. The maximum absolute atomic E-state index is 5.99. The summed E-state index contributed by atoms with van der Waals surface area (Å²) in [6.07, 6.45) is 1.84. The van der Waals surface area contributed by atoms with E-state index in [1.54, 1.807) is 0 Å². The van der Waals surface area contributed by atoms with Crippen molar-refractivity contribution < 1.29 is 0 Å². The second-order valence-electron chi connectivity index (χ2n) is 4.95. The fourth-order valence-electron chi connectivity index (χ4n) is 2.49. The fourth-order valence-corrected chi connectivity index (χ4v) is 2.78. The van der Waals surface area contributed by atoms with Gasteiger partial charge in [0.15, 0.2) is 0 Å². The first-order chi connectivity index (χ1) is 9.56. The van der Waals surface area contributed by atoms with Crippen LogP contribution in [0.1, 0.15) is 16.8 Å². The van der Waals surface area contributed by atoms with Gasteiger partial charge in [0.05, 0.1) is 11.7 Å². The summed E-state index contributed by atoms with van der Waals surface area (Å²) in [5.41, 5.74) is 4.81. The van der Waals surface area contributed by atoms with Crippen LogP contribution >= 0.6 is 23.2 Å². The lowest BCUT2D eigenvalue weighted by molar-refractivity contribution is 0.799. The predicted molar refractivity (Wildman–Crippen MR) is 84.8 cm³/mol. The van der Waals surface area contributed by atoms with Crippen molar-refractivity contribution in [3.8, 4) is 0 Å². The van der Waals surface area contributed by atoms with Crippen molar-refractivity contribution in [2.24, 2.45) is 0 Å². The minimum atomic E-state index is 0.532. The molecule has 0 saturated carbocycles. The van der Waals surface area contributed by atoms with E-state index in [-0.39, 0.29) is 0 Å². The summed E-state index contributed by atoms with van der Waals surface area (Å²) in [5, 5.41) is 2.45. The molecule has 2 aromatic heterocycles. The Morgan fingerprint density at radius 2 is 1.80 bits per heavy atom. The molecule has 0 N–H and O–H groups in total. The van der Waals surface area contributed by atoms with E-state index in [2.05, 4.69) is 23.4 Å². The molecule has 0 aliphatic heterocycles. The summed E-state index contributed by atoms with van der Waals surface area (Å²) in [6.45, 7) is 5.04. The molecule has 0 saturated heterocycles. The summed E-state index contributed by atoms with van der Waals surface area (Å²) < 4.78 is 2.26. The van der Waals surface area contributed by atoms with Gasteiger partial charge in [-0.05, 0) is 43.2 Å². The zero-order chi connectivity index (χ0) is 14.3. The lowest BCUT2D eigenvalue weighted by Gasteiger charge is -2.08. The van der Waals surface area contributed by atoms with Gasteiger partial charge in [-0.1, -0.05) is 35.3 Å². The molecule has 0 fully saturated rings. The highest BCUT2D eigenvalue weighted by Gasteiger charge is 2.12. The van der Waals surface area contributed by atoms with Gasteiger partial charge >= 0.3 is 0 Å². The third-order valence-corrected chi connectivity index (χ3v) is 4.20. The second-order valence-corrected chi connectivity index (χ2v) is 5.77. The number of hydrogen-bond acceptors (Lipinski definition) is 1. The van der Waals surface area contributed by atoms with E-state index >= 15 is 0 Å². The highest BCUT2D eigenvalue weighted by atomic mass is 35.5. The van der Waals surface area contributed by atoms with E-state index in [1.165, 1.54) is 16.8 Å². The quantitative estimate of drug-likeness (QED) is 0.609. The Morgan fingerprint density at radius 3 is 2.50 bits per heavy atom. The Bertz CT molecular complexity index is 773.